The Morgan fingerprint density at radius 1 is 1.35 bits per heavy atom. The summed E-state index contributed by atoms with van der Waals surface area (Å²) in [4.78, 5) is 6.96. The molecule has 94 valence electrons. The van der Waals surface area contributed by atoms with Crippen LogP contribution in [0.2, 0.25) is 0 Å². The Hall–Kier alpha value is -1.13. The maximum Gasteiger partial charge on any atom is 0.129 e. The van der Waals surface area contributed by atoms with Gasteiger partial charge < -0.3 is 15.0 Å². The van der Waals surface area contributed by atoms with E-state index in [1.165, 1.54) is 0 Å². The first kappa shape index (κ1) is 12.3. The summed E-state index contributed by atoms with van der Waals surface area (Å²) in [5.41, 5.74) is 1.10. The molecule has 1 saturated heterocycles. The third-order valence-electron chi connectivity index (χ3n) is 2.82. The van der Waals surface area contributed by atoms with Gasteiger partial charge in [0.1, 0.15) is 5.82 Å². The monoisotopic (exact) mass is 235 g/mol. The number of nitrogens with one attached hydrogen (secondary N) is 1. The molecule has 1 aromatic rings. The van der Waals surface area contributed by atoms with Gasteiger partial charge in [-0.3, -0.25) is 0 Å². The van der Waals surface area contributed by atoms with Crippen molar-refractivity contribution in [3.05, 3.63) is 23.9 Å². The second-order valence-electron chi connectivity index (χ2n) is 4.62. The van der Waals surface area contributed by atoms with E-state index in [-0.39, 0.29) is 0 Å². The molecule has 4 nitrogen and oxygen atoms in total. The number of morpholine rings is 1. The Morgan fingerprint density at radius 3 is 2.82 bits per heavy atom. The largest absolute Gasteiger partial charge is 0.378 e. The van der Waals surface area contributed by atoms with Gasteiger partial charge in [-0.25, -0.2) is 4.98 Å². The molecule has 1 fully saturated rings. The minimum atomic E-state index is 0.490. The van der Waals surface area contributed by atoms with Crippen LogP contribution in [0.4, 0.5) is 5.82 Å². The highest BCUT2D eigenvalue weighted by atomic mass is 16.5. The van der Waals surface area contributed by atoms with E-state index in [4.69, 9.17) is 4.74 Å². The van der Waals surface area contributed by atoms with Gasteiger partial charge in [-0.05, 0) is 12.1 Å². The molecule has 2 rings (SSSR count). The summed E-state index contributed by atoms with van der Waals surface area (Å²) in [5.74, 6) is 1.07. The molecule has 0 spiro atoms. The Labute approximate surface area is 103 Å². The van der Waals surface area contributed by atoms with Crippen LogP contribution in [0.25, 0.3) is 0 Å². The molecule has 1 aliphatic heterocycles. The standard InChI is InChI=1S/C13H21N3O/c1-11(2)14-10-12-4-3-5-13(15-12)16-6-8-17-9-7-16/h3-5,11,14H,6-10H2,1-2H3. The summed E-state index contributed by atoms with van der Waals surface area (Å²) in [5, 5.41) is 3.39. The number of anilines is 1. The molecule has 0 amide bonds. The molecule has 1 aromatic heterocycles. The Bertz CT molecular complexity index is 348. The number of rotatable bonds is 4. The zero-order valence-electron chi connectivity index (χ0n) is 10.6. The third kappa shape index (κ3) is 3.68. The second-order valence-corrected chi connectivity index (χ2v) is 4.62. The summed E-state index contributed by atoms with van der Waals surface area (Å²) >= 11 is 0. The average molecular weight is 235 g/mol. The van der Waals surface area contributed by atoms with E-state index in [9.17, 15) is 0 Å². The van der Waals surface area contributed by atoms with E-state index in [1.54, 1.807) is 0 Å². The topological polar surface area (TPSA) is 37.4 Å². The molecule has 0 saturated carbocycles. The van der Waals surface area contributed by atoms with Gasteiger partial charge >= 0.3 is 0 Å². The van der Waals surface area contributed by atoms with Crippen molar-refractivity contribution in [1.82, 2.24) is 10.3 Å². The molecule has 0 aliphatic carbocycles. The molecule has 1 aliphatic rings. The average Bonchev–Trinajstić information content (AvgIpc) is 2.38. The molecule has 4 heteroatoms. The first-order valence-electron chi connectivity index (χ1n) is 6.28. The van der Waals surface area contributed by atoms with Gasteiger partial charge in [0.15, 0.2) is 0 Å². The third-order valence-corrected chi connectivity index (χ3v) is 2.82. The molecule has 17 heavy (non-hydrogen) atoms. The fourth-order valence-corrected chi connectivity index (χ4v) is 1.84. The van der Waals surface area contributed by atoms with Gasteiger partial charge in [0.05, 0.1) is 18.9 Å². The highest BCUT2D eigenvalue weighted by Crippen LogP contribution is 2.13. The molecule has 2 heterocycles. The number of pyridine rings is 1. The van der Waals surface area contributed by atoms with Crippen LogP contribution in [-0.4, -0.2) is 37.3 Å². The lowest BCUT2D eigenvalue weighted by molar-refractivity contribution is 0.122. The Balaban J connectivity index is 2.00. The van der Waals surface area contributed by atoms with Crippen molar-refractivity contribution < 1.29 is 4.74 Å². The summed E-state index contributed by atoms with van der Waals surface area (Å²) in [6.07, 6.45) is 0. The van der Waals surface area contributed by atoms with Crippen LogP contribution in [0, 0.1) is 0 Å². The number of hydrogen-bond acceptors (Lipinski definition) is 4. The summed E-state index contributed by atoms with van der Waals surface area (Å²) < 4.78 is 5.35. The lowest BCUT2D eigenvalue weighted by Gasteiger charge is -2.28. The van der Waals surface area contributed by atoms with Crippen molar-refractivity contribution in [3.63, 3.8) is 0 Å². The van der Waals surface area contributed by atoms with Crippen LogP contribution >= 0.6 is 0 Å². The predicted molar refractivity (Wildman–Crippen MR) is 69.2 cm³/mol. The van der Waals surface area contributed by atoms with Crippen molar-refractivity contribution in [3.8, 4) is 0 Å². The van der Waals surface area contributed by atoms with Crippen LogP contribution < -0.4 is 10.2 Å². The molecule has 0 atom stereocenters. The quantitative estimate of drug-likeness (QED) is 0.856. The molecule has 0 radical (unpaired) electrons. The van der Waals surface area contributed by atoms with E-state index < -0.39 is 0 Å². The first-order chi connectivity index (χ1) is 8.25. The number of ether oxygens (including phenoxy) is 1. The van der Waals surface area contributed by atoms with E-state index in [0.29, 0.717) is 6.04 Å². The fraction of sp³-hybridized carbons (Fsp3) is 0.615. The minimum absolute atomic E-state index is 0.490. The SMILES string of the molecule is CC(C)NCc1cccc(N2CCOCC2)n1. The summed E-state index contributed by atoms with van der Waals surface area (Å²) in [6, 6.07) is 6.71. The highest BCUT2D eigenvalue weighted by molar-refractivity contribution is 5.39. The van der Waals surface area contributed by atoms with Crippen LogP contribution in [0.3, 0.4) is 0 Å². The molecule has 1 N–H and O–H groups in total. The van der Waals surface area contributed by atoms with Gasteiger partial charge in [-0.2, -0.15) is 0 Å². The number of hydrogen-bond donors (Lipinski definition) is 1. The van der Waals surface area contributed by atoms with Gasteiger partial charge in [0.2, 0.25) is 0 Å². The van der Waals surface area contributed by atoms with Gasteiger partial charge in [-0.1, -0.05) is 19.9 Å². The van der Waals surface area contributed by atoms with Crippen molar-refractivity contribution >= 4 is 5.82 Å². The fourth-order valence-electron chi connectivity index (χ4n) is 1.84. The van der Waals surface area contributed by atoms with Crippen molar-refractivity contribution in [1.29, 1.82) is 0 Å². The van der Waals surface area contributed by atoms with Crippen molar-refractivity contribution in [2.24, 2.45) is 0 Å². The Morgan fingerprint density at radius 2 is 2.12 bits per heavy atom. The smallest absolute Gasteiger partial charge is 0.129 e. The highest BCUT2D eigenvalue weighted by Gasteiger charge is 2.12. The molecule has 0 bridgehead atoms. The minimum Gasteiger partial charge on any atom is -0.378 e. The Kier molecular flexibility index (Phi) is 4.34. The second kappa shape index (κ2) is 5.98. The van der Waals surface area contributed by atoms with Crippen LogP contribution in [-0.2, 0) is 11.3 Å². The maximum absolute atomic E-state index is 5.35. The molecular weight excluding hydrogens is 214 g/mol. The first-order valence-corrected chi connectivity index (χ1v) is 6.28. The van der Waals surface area contributed by atoms with Crippen molar-refractivity contribution in [2.75, 3.05) is 31.2 Å². The number of nitrogens with zero attached hydrogens (tertiary/aromatic N) is 2. The van der Waals surface area contributed by atoms with E-state index in [2.05, 4.69) is 47.2 Å². The predicted octanol–water partition coefficient (Wildman–Crippen LogP) is 1.42. The summed E-state index contributed by atoms with van der Waals surface area (Å²) in [7, 11) is 0. The lowest BCUT2D eigenvalue weighted by Crippen LogP contribution is -2.37. The zero-order valence-corrected chi connectivity index (χ0v) is 10.6. The maximum atomic E-state index is 5.35. The zero-order chi connectivity index (χ0) is 12.1. The molecular formula is C13H21N3O. The van der Waals surface area contributed by atoms with Crippen molar-refractivity contribution in [2.45, 2.75) is 26.4 Å². The van der Waals surface area contributed by atoms with Gasteiger partial charge in [0.25, 0.3) is 0 Å². The van der Waals surface area contributed by atoms with Gasteiger partial charge in [0, 0.05) is 25.7 Å². The van der Waals surface area contributed by atoms with Crippen LogP contribution in [0.1, 0.15) is 19.5 Å². The summed E-state index contributed by atoms with van der Waals surface area (Å²) in [6.45, 7) is 8.60. The molecule has 0 unspecified atom stereocenters. The van der Waals surface area contributed by atoms with Crippen LogP contribution in [0.15, 0.2) is 18.2 Å². The van der Waals surface area contributed by atoms with Gasteiger partial charge in [-0.15, -0.1) is 0 Å². The van der Waals surface area contributed by atoms with E-state index in [0.717, 1.165) is 44.4 Å². The normalized spacial score (nSPS) is 16.5. The lowest BCUT2D eigenvalue weighted by atomic mass is 10.3. The number of aromatic nitrogens is 1. The van der Waals surface area contributed by atoms with E-state index in [1.807, 2.05) is 0 Å². The molecule has 0 aromatic carbocycles. The van der Waals surface area contributed by atoms with Crippen LogP contribution in [0.5, 0.6) is 0 Å². The van der Waals surface area contributed by atoms with E-state index >= 15 is 0 Å².